The van der Waals surface area contributed by atoms with Crippen LogP contribution in [0, 0.1) is 6.92 Å². The van der Waals surface area contributed by atoms with Crippen molar-refractivity contribution < 1.29 is 14.3 Å². The minimum Gasteiger partial charge on any atom is -0.496 e. The van der Waals surface area contributed by atoms with E-state index in [0.717, 1.165) is 0 Å². The molecule has 7 heteroatoms. The average Bonchev–Trinajstić information content (AvgIpc) is 2.54. The first-order valence-electron chi connectivity index (χ1n) is 7.35. The molecular weight excluding hydrogens is 348 g/mol. The van der Waals surface area contributed by atoms with Gasteiger partial charge < -0.3 is 9.47 Å². The zero-order valence-corrected chi connectivity index (χ0v) is 15.8. The van der Waals surface area contributed by atoms with Crippen LogP contribution in [0.15, 0.2) is 23.4 Å². The molecule has 0 aliphatic heterocycles. The van der Waals surface area contributed by atoms with Gasteiger partial charge in [0.15, 0.2) is 10.9 Å². The van der Waals surface area contributed by atoms with E-state index in [1.165, 1.54) is 11.8 Å². The Bertz CT molecular complexity index is 766. The molecule has 0 N–H and O–H groups in total. The summed E-state index contributed by atoms with van der Waals surface area (Å²) < 4.78 is 10.7. The molecule has 128 valence electrons. The van der Waals surface area contributed by atoms with Gasteiger partial charge in [-0.1, -0.05) is 29.4 Å². The molecule has 2 aromatic rings. The van der Waals surface area contributed by atoms with Crippen molar-refractivity contribution in [3.05, 3.63) is 34.5 Å². The third kappa shape index (κ3) is 3.82. The van der Waals surface area contributed by atoms with Gasteiger partial charge in [0.25, 0.3) is 0 Å². The number of thioether (sulfide) groups is 1. The molecule has 0 radical (unpaired) electrons. The fraction of sp³-hybridized carbons (Fsp3) is 0.353. The minimum atomic E-state index is -0.479. The van der Waals surface area contributed by atoms with Crippen LogP contribution in [0.1, 0.15) is 29.9 Å². The highest BCUT2D eigenvalue weighted by Crippen LogP contribution is 2.38. The number of hydrogen-bond acceptors (Lipinski definition) is 6. The van der Waals surface area contributed by atoms with Crippen molar-refractivity contribution in [1.29, 1.82) is 0 Å². The van der Waals surface area contributed by atoms with Crippen molar-refractivity contribution in [1.82, 2.24) is 9.97 Å². The number of esters is 1. The third-order valence-electron chi connectivity index (χ3n) is 3.28. The predicted molar refractivity (Wildman–Crippen MR) is 96.1 cm³/mol. The van der Waals surface area contributed by atoms with E-state index < -0.39 is 5.97 Å². The molecule has 2 rings (SSSR count). The van der Waals surface area contributed by atoms with Crippen LogP contribution in [0.4, 0.5) is 0 Å². The summed E-state index contributed by atoms with van der Waals surface area (Å²) in [4.78, 5) is 21.2. The summed E-state index contributed by atoms with van der Waals surface area (Å²) in [5, 5.41) is 0.958. The van der Waals surface area contributed by atoms with Gasteiger partial charge in [-0.15, -0.1) is 0 Å². The second-order valence-electron chi connectivity index (χ2n) is 5.30. The Kier molecular flexibility index (Phi) is 6.07. The van der Waals surface area contributed by atoms with Crippen LogP contribution >= 0.6 is 23.4 Å². The summed E-state index contributed by atoms with van der Waals surface area (Å²) >= 11 is 7.71. The summed E-state index contributed by atoms with van der Waals surface area (Å²) in [6.45, 7) is 5.36. The van der Waals surface area contributed by atoms with Crippen molar-refractivity contribution in [3.63, 3.8) is 0 Å². The van der Waals surface area contributed by atoms with E-state index in [4.69, 9.17) is 21.1 Å². The lowest BCUT2D eigenvalue weighted by atomic mass is 10.0. The van der Waals surface area contributed by atoms with Crippen LogP contribution in [0.2, 0.25) is 5.02 Å². The van der Waals surface area contributed by atoms with Crippen LogP contribution < -0.4 is 4.74 Å². The van der Waals surface area contributed by atoms with Crippen molar-refractivity contribution >= 4 is 29.3 Å². The Morgan fingerprint density at radius 2 is 2.00 bits per heavy atom. The van der Waals surface area contributed by atoms with E-state index in [1.807, 2.05) is 6.26 Å². The first-order valence-corrected chi connectivity index (χ1v) is 8.95. The van der Waals surface area contributed by atoms with Gasteiger partial charge in [0.1, 0.15) is 5.75 Å². The number of ether oxygens (including phenoxy) is 2. The summed E-state index contributed by atoms with van der Waals surface area (Å²) in [5.74, 6) is 0.104. The maximum Gasteiger partial charge on any atom is 0.357 e. The lowest BCUT2D eigenvalue weighted by molar-refractivity contribution is 0.0368. The Morgan fingerprint density at radius 1 is 1.29 bits per heavy atom. The summed E-state index contributed by atoms with van der Waals surface area (Å²) in [5.41, 5.74) is 2.04. The molecule has 0 aliphatic rings. The van der Waals surface area contributed by atoms with Gasteiger partial charge in [-0.05, 0) is 39.2 Å². The molecule has 5 nitrogen and oxygen atoms in total. The number of rotatable bonds is 5. The lowest BCUT2D eigenvalue weighted by Gasteiger charge is -2.15. The number of aromatic nitrogens is 2. The van der Waals surface area contributed by atoms with Crippen LogP contribution in [-0.2, 0) is 4.74 Å². The van der Waals surface area contributed by atoms with Gasteiger partial charge in [-0.3, -0.25) is 0 Å². The minimum absolute atomic E-state index is 0.233. The molecule has 0 saturated heterocycles. The standard InChI is InChI=1S/C17H19ClN2O3S/c1-9(2)23-16(21)15-10(3)14(19-17(20-15)24-5)13-11(18)7-6-8-12(13)22-4/h6-9H,1-5H3. The number of nitrogens with zero attached hydrogens (tertiary/aromatic N) is 2. The highest BCUT2D eigenvalue weighted by atomic mass is 35.5. The smallest absolute Gasteiger partial charge is 0.357 e. The fourth-order valence-electron chi connectivity index (χ4n) is 2.20. The van der Waals surface area contributed by atoms with Gasteiger partial charge in [-0.2, -0.15) is 0 Å². The first-order chi connectivity index (χ1) is 11.4. The largest absolute Gasteiger partial charge is 0.496 e. The SMILES string of the molecule is COc1cccc(Cl)c1-c1nc(SC)nc(C(=O)OC(C)C)c1C. The summed E-state index contributed by atoms with van der Waals surface area (Å²) in [6, 6.07) is 5.35. The van der Waals surface area contributed by atoms with E-state index >= 15 is 0 Å². The number of hydrogen-bond donors (Lipinski definition) is 0. The second kappa shape index (κ2) is 7.85. The zero-order chi connectivity index (χ0) is 17.9. The number of carbonyl (C=O) groups is 1. The van der Waals surface area contributed by atoms with Gasteiger partial charge in [0, 0.05) is 5.56 Å². The Balaban J connectivity index is 2.70. The molecule has 1 aromatic heterocycles. The molecule has 0 amide bonds. The van der Waals surface area contributed by atoms with E-state index in [9.17, 15) is 4.79 Å². The molecule has 0 fully saturated rings. The molecule has 0 saturated carbocycles. The predicted octanol–water partition coefficient (Wildman–Crippen LogP) is 4.40. The van der Waals surface area contributed by atoms with Crippen LogP contribution in [0.5, 0.6) is 5.75 Å². The van der Waals surface area contributed by atoms with Crippen molar-refractivity contribution in [2.24, 2.45) is 0 Å². The van der Waals surface area contributed by atoms with Gasteiger partial charge in [0.2, 0.25) is 0 Å². The maximum absolute atomic E-state index is 12.4. The van der Waals surface area contributed by atoms with E-state index in [0.29, 0.717) is 32.7 Å². The van der Waals surface area contributed by atoms with Crippen LogP contribution in [0.25, 0.3) is 11.3 Å². The fourth-order valence-corrected chi connectivity index (χ4v) is 2.82. The molecule has 24 heavy (non-hydrogen) atoms. The van der Waals surface area contributed by atoms with Gasteiger partial charge >= 0.3 is 5.97 Å². The maximum atomic E-state index is 12.4. The van der Waals surface area contributed by atoms with Gasteiger partial charge in [0.05, 0.1) is 29.5 Å². The quantitative estimate of drug-likeness (QED) is 0.444. The molecular formula is C17H19ClN2O3S. The molecule has 0 bridgehead atoms. The van der Waals surface area contributed by atoms with E-state index in [1.54, 1.807) is 46.1 Å². The highest BCUT2D eigenvalue weighted by Gasteiger charge is 2.23. The van der Waals surface area contributed by atoms with Crippen molar-refractivity contribution in [2.75, 3.05) is 13.4 Å². The molecule has 0 unspecified atom stereocenters. The van der Waals surface area contributed by atoms with Crippen molar-refractivity contribution in [3.8, 4) is 17.0 Å². The number of halogens is 1. The Morgan fingerprint density at radius 3 is 2.58 bits per heavy atom. The summed E-state index contributed by atoms with van der Waals surface area (Å²) in [6.07, 6.45) is 1.61. The van der Waals surface area contributed by atoms with Crippen LogP contribution in [0.3, 0.4) is 0 Å². The Hall–Kier alpha value is -1.79. The molecule has 0 aliphatic carbocycles. The second-order valence-corrected chi connectivity index (χ2v) is 6.48. The van der Waals surface area contributed by atoms with Crippen molar-refractivity contribution in [2.45, 2.75) is 32.0 Å². The first kappa shape index (κ1) is 18.5. The normalized spacial score (nSPS) is 10.8. The summed E-state index contributed by atoms with van der Waals surface area (Å²) in [7, 11) is 1.56. The molecule has 0 spiro atoms. The topological polar surface area (TPSA) is 61.3 Å². The number of benzene rings is 1. The number of methoxy groups -OCH3 is 1. The Labute approximate surface area is 150 Å². The molecule has 1 aromatic carbocycles. The molecule has 0 atom stereocenters. The number of carbonyl (C=O) groups excluding carboxylic acids is 1. The average molecular weight is 367 g/mol. The van der Waals surface area contributed by atoms with E-state index in [-0.39, 0.29) is 11.8 Å². The third-order valence-corrected chi connectivity index (χ3v) is 4.14. The zero-order valence-electron chi connectivity index (χ0n) is 14.2. The van der Waals surface area contributed by atoms with Crippen LogP contribution in [-0.4, -0.2) is 35.4 Å². The van der Waals surface area contributed by atoms with Gasteiger partial charge in [-0.25, -0.2) is 14.8 Å². The molecule has 1 heterocycles. The highest BCUT2D eigenvalue weighted by molar-refractivity contribution is 7.98. The lowest BCUT2D eigenvalue weighted by Crippen LogP contribution is -2.16. The van der Waals surface area contributed by atoms with E-state index in [2.05, 4.69) is 9.97 Å². The monoisotopic (exact) mass is 366 g/mol.